The van der Waals surface area contributed by atoms with Gasteiger partial charge >= 0.3 is 6.18 Å². The topological polar surface area (TPSA) is 49.9 Å². The molecule has 4 rings (SSSR count). The SMILES string of the molecule is CC(OCC1(c2ccccc2)CCNCC1)c1cc(C(F)(F)F)cc2cn[nH]c12. The molecule has 154 valence electrons. The number of aromatic nitrogens is 2. The van der Waals surface area contributed by atoms with Crippen LogP contribution in [0.3, 0.4) is 0 Å². The van der Waals surface area contributed by atoms with Gasteiger partial charge in [0.15, 0.2) is 0 Å². The molecule has 1 unspecified atom stereocenters. The van der Waals surface area contributed by atoms with E-state index < -0.39 is 17.8 Å². The molecule has 1 saturated heterocycles. The molecular formula is C22H24F3N3O. The van der Waals surface area contributed by atoms with Crippen LogP contribution in [-0.2, 0) is 16.3 Å². The van der Waals surface area contributed by atoms with Crippen LogP contribution < -0.4 is 5.32 Å². The van der Waals surface area contributed by atoms with Crippen molar-refractivity contribution in [2.45, 2.75) is 37.5 Å². The van der Waals surface area contributed by atoms with E-state index >= 15 is 0 Å². The van der Waals surface area contributed by atoms with Crippen molar-refractivity contribution in [2.24, 2.45) is 0 Å². The van der Waals surface area contributed by atoms with Crippen LogP contribution in [0.15, 0.2) is 48.7 Å². The molecule has 4 nitrogen and oxygen atoms in total. The van der Waals surface area contributed by atoms with Gasteiger partial charge in [0.1, 0.15) is 0 Å². The zero-order valence-electron chi connectivity index (χ0n) is 16.2. The van der Waals surface area contributed by atoms with E-state index in [9.17, 15) is 13.2 Å². The lowest BCUT2D eigenvalue weighted by Gasteiger charge is -2.38. The third-order valence-corrected chi connectivity index (χ3v) is 5.90. The Balaban J connectivity index is 1.62. The highest BCUT2D eigenvalue weighted by Gasteiger charge is 2.36. The van der Waals surface area contributed by atoms with Crippen LogP contribution >= 0.6 is 0 Å². The number of alkyl halides is 3. The van der Waals surface area contributed by atoms with Gasteiger partial charge in [-0.1, -0.05) is 30.3 Å². The minimum Gasteiger partial charge on any atom is -0.373 e. The van der Waals surface area contributed by atoms with Gasteiger partial charge in [0.2, 0.25) is 0 Å². The molecule has 1 aromatic heterocycles. The molecule has 0 bridgehead atoms. The Bertz CT molecular complexity index is 962. The van der Waals surface area contributed by atoms with E-state index in [1.54, 1.807) is 6.92 Å². The second kappa shape index (κ2) is 7.80. The van der Waals surface area contributed by atoms with E-state index in [2.05, 4.69) is 27.6 Å². The number of halogens is 3. The quantitative estimate of drug-likeness (QED) is 0.632. The molecule has 1 aliphatic heterocycles. The van der Waals surface area contributed by atoms with E-state index in [-0.39, 0.29) is 5.41 Å². The first-order valence-electron chi connectivity index (χ1n) is 9.81. The van der Waals surface area contributed by atoms with E-state index in [0.29, 0.717) is 23.1 Å². The fourth-order valence-electron chi connectivity index (χ4n) is 4.16. The number of hydrogen-bond donors (Lipinski definition) is 2. The van der Waals surface area contributed by atoms with Gasteiger partial charge in [0, 0.05) is 16.4 Å². The Kier molecular flexibility index (Phi) is 5.36. The van der Waals surface area contributed by atoms with Gasteiger partial charge in [0.05, 0.1) is 30.0 Å². The van der Waals surface area contributed by atoms with Gasteiger partial charge in [0.25, 0.3) is 0 Å². The van der Waals surface area contributed by atoms with Crippen molar-refractivity contribution < 1.29 is 17.9 Å². The summed E-state index contributed by atoms with van der Waals surface area (Å²) in [5.41, 5.74) is 1.45. The van der Waals surface area contributed by atoms with Gasteiger partial charge in [-0.3, -0.25) is 5.10 Å². The number of hydrogen-bond acceptors (Lipinski definition) is 3. The normalized spacial score (nSPS) is 18.1. The predicted molar refractivity (Wildman–Crippen MR) is 106 cm³/mol. The van der Waals surface area contributed by atoms with Crippen LogP contribution in [0.1, 0.15) is 42.6 Å². The third-order valence-electron chi connectivity index (χ3n) is 5.90. The molecule has 0 aliphatic carbocycles. The molecule has 2 N–H and O–H groups in total. The number of benzene rings is 2. The molecule has 7 heteroatoms. The first-order chi connectivity index (χ1) is 13.9. The standard InChI is InChI=1S/C22H24F3N3O/c1-15(19-12-18(22(23,24)25)11-16-13-27-28-20(16)19)29-14-21(7-9-26-10-8-21)17-5-3-2-4-6-17/h2-6,11-13,15,26H,7-10,14H2,1H3,(H,27,28). The molecule has 1 fully saturated rings. The van der Waals surface area contributed by atoms with Gasteiger partial charge in [-0.05, 0) is 50.6 Å². The van der Waals surface area contributed by atoms with Gasteiger partial charge in [-0.2, -0.15) is 18.3 Å². The van der Waals surface area contributed by atoms with E-state index in [4.69, 9.17) is 4.74 Å². The maximum atomic E-state index is 13.3. The van der Waals surface area contributed by atoms with E-state index in [0.717, 1.165) is 32.0 Å². The van der Waals surface area contributed by atoms with Gasteiger partial charge < -0.3 is 10.1 Å². The van der Waals surface area contributed by atoms with Crippen molar-refractivity contribution in [3.63, 3.8) is 0 Å². The molecule has 0 saturated carbocycles. The number of nitrogens with zero attached hydrogens (tertiary/aromatic N) is 1. The lowest BCUT2D eigenvalue weighted by atomic mass is 9.74. The van der Waals surface area contributed by atoms with Crippen LogP contribution in [0, 0.1) is 0 Å². The van der Waals surface area contributed by atoms with Crippen molar-refractivity contribution >= 4 is 10.9 Å². The molecule has 1 aliphatic rings. The summed E-state index contributed by atoms with van der Waals surface area (Å²) >= 11 is 0. The summed E-state index contributed by atoms with van der Waals surface area (Å²) in [7, 11) is 0. The minimum absolute atomic E-state index is 0.143. The number of fused-ring (bicyclic) bond motifs is 1. The maximum absolute atomic E-state index is 13.3. The van der Waals surface area contributed by atoms with Crippen LogP contribution in [0.2, 0.25) is 0 Å². The van der Waals surface area contributed by atoms with Crippen LogP contribution in [0.25, 0.3) is 10.9 Å². The number of ether oxygens (including phenoxy) is 1. The van der Waals surface area contributed by atoms with Crippen molar-refractivity contribution in [1.82, 2.24) is 15.5 Å². The van der Waals surface area contributed by atoms with Crippen molar-refractivity contribution in [2.75, 3.05) is 19.7 Å². The van der Waals surface area contributed by atoms with Crippen LogP contribution in [-0.4, -0.2) is 29.9 Å². The van der Waals surface area contributed by atoms with E-state index in [1.807, 2.05) is 18.2 Å². The average Bonchev–Trinajstić information content (AvgIpc) is 3.21. The number of nitrogens with one attached hydrogen (secondary N) is 2. The Labute approximate surface area is 167 Å². The number of H-pyrrole nitrogens is 1. The highest BCUT2D eigenvalue weighted by atomic mass is 19.4. The fraction of sp³-hybridized carbons (Fsp3) is 0.409. The molecule has 2 heterocycles. The Morgan fingerprint density at radius 3 is 2.55 bits per heavy atom. The van der Waals surface area contributed by atoms with Gasteiger partial charge in [-0.15, -0.1) is 0 Å². The average molecular weight is 403 g/mol. The zero-order valence-corrected chi connectivity index (χ0v) is 16.2. The lowest BCUT2D eigenvalue weighted by molar-refractivity contribution is -0.137. The largest absolute Gasteiger partial charge is 0.416 e. The summed E-state index contributed by atoms with van der Waals surface area (Å²) in [6.07, 6.45) is -1.66. The van der Waals surface area contributed by atoms with Crippen molar-refractivity contribution in [1.29, 1.82) is 0 Å². The third kappa shape index (κ3) is 4.02. The second-order valence-electron chi connectivity index (χ2n) is 7.75. The van der Waals surface area contributed by atoms with Crippen LogP contribution in [0.5, 0.6) is 0 Å². The van der Waals surface area contributed by atoms with Gasteiger partial charge in [-0.25, -0.2) is 0 Å². The highest BCUT2D eigenvalue weighted by Crippen LogP contribution is 2.38. The maximum Gasteiger partial charge on any atom is 0.416 e. The Morgan fingerprint density at radius 1 is 1.14 bits per heavy atom. The zero-order chi connectivity index (χ0) is 20.5. The summed E-state index contributed by atoms with van der Waals surface area (Å²) in [4.78, 5) is 0. The summed E-state index contributed by atoms with van der Waals surface area (Å²) in [6, 6.07) is 12.5. The summed E-state index contributed by atoms with van der Waals surface area (Å²) in [6.45, 7) is 4.03. The molecule has 0 radical (unpaired) electrons. The minimum atomic E-state index is -4.42. The molecule has 1 atom stereocenters. The lowest BCUT2D eigenvalue weighted by Crippen LogP contribution is -2.43. The molecule has 2 aromatic carbocycles. The van der Waals surface area contributed by atoms with E-state index in [1.165, 1.54) is 17.8 Å². The Hall–Kier alpha value is -2.38. The highest BCUT2D eigenvalue weighted by molar-refractivity contribution is 5.82. The Morgan fingerprint density at radius 2 is 1.86 bits per heavy atom. The fourth-order valence-corrected chi connectivity index (χ4v) is 4.16. The summed E-state index contributed by atoms with van der Waals surface area (Å²) in [5.74, 6) is 0. The molecule has 29 heavy (non-hydrogen) atoms. The van der Waals surface area contributed by atoms with Crippen molar-refractivity contribution in [3.8, 4) is 0 Å². The predicted octanol–water partition coefficient (Wildman–Crippen LogP) is 4.98. The molecular weight excluding hydrogens is 379 g/mol. The van der Waals surface area contributed by atoms with Crippen molar-refractivity contribution in [3.05, 3.63) is 65.4 Å². The second-order valence-corrected chi connectivity index (χ2v) is 7.75. The molecule has 0 spiro atoms. The molecule has 3 aromatic rings. The number of aromatic amines is 1. The first kappa shape index (κ1) is 19.9. The number of rotatable bonds is 5. The van der Waals surface area contributed by atoms with Crippen LogP contribution in [0.4, 0.5) is 13.2 Å². The summed E-state index contributed by atoms with van der Waals surface area (Å²) in [5, 5.41) is 10.6. The number of piperidine rings is 1. The first-order valence-corrected chi connectivity index (χ1v) is 9.81. The summed E-state index contributed by atoms with van der Waals surface area (Å²) < 4.78 is 46.3. The molecule has 0 amide bonds. The monoisotopic (exact) mass is 403 g/mol. The smallest absolute Gasteiger partial charge is 0.373 e.